The SMILES string of the molecule is CC(C)(C)[C@H](NC(=O)c1cc2cc(C(F)(F)P(=O)(O)O)ccc2s1)C(=O)N1CCN(C(=O)CCCC#Cc2ccc3c(c2)CN(C2CCC(=O)NC2=O)C3=O)C[C@H]1C(=O)N1CCOC(c2ccccc2)C1. The summed E-state index contributed by atoms with van der Waals surface area (Å²) in [5, 5.41) is 5.25. The molecule has 374 valence electrons. The molecule has 0 saturated carbocycles. The van der Waals surface area contributed by atoms with Crippen LogP contribution in [0.4, 0.5) is 8.78 Å². The molecule has 5 heterocycles. The number of amides is 7. The number of ether oxygens (including phenoxy) is 1. The first-order valence-corrected chi connectivity index (χ1v) is 25.6. The number of carbonyl (C=O) groups is 7. The molecule has 3 fully saturated rings. The molecule has 1 aromatic heterocycles. The molecule has 4 aromatic rings. The summed E-state index contributed by atoms with van der Waals surface area (Å²) < 4.78 is 47.1. The van der Waals surface area contributed by atoms with Crippen molar-refractivity contribution in [3.8, 4) is 11.8 Å². The topological polar surface area (TPSA) is 223 Å². The molecular formula is C50H53F2N6O11PS. The van der Waals surface area contributed by atoms with Crippen LogP contribution in [-0.2, 0) is 45.5 Å². The lowest BCUT2D eigenvalue weighted by atomic mass is 9.85. The predicted octanol–water partition coefficient (Wildman–Crippen LogP) is 4.90. The second-order valence-electron chi connectivity index (χ2n) is 19.1. The first kappa shape index (κ1) is 51.0. The van der Waals surface area contributed by atoms with Gasteiger partial charge in [-0.1, -0.05) is 69.0 Å². The van der Waals surface area contributed by atoms with E-state index in [9.17, 15) is 56.7 Å². The van der Waals surface area contributed by atoms with Crippen molar-refractivity contribution in [1.82, 2.24) is 30.2 Å². The molecule has 7 amide bonds. The van der Waals surface area contributed by atoms with Crippen molar-refractivity contribution in [3.63, 3.8) is 0 Å². The van der Waals surface area contributed by atoms with Crippen molar-refractivity contribution in [2.45, 2.75) is 89.3 Å². The number of halogens is 2. The van der Waals surface area contributed by atoms with Crippen molar-refractivity contribution in [1.29, 1.82) is 0 Å². The highest BCUT2D eigenvalue weighted by atomic mass is 32.1. The van der Waals surface area contributed by atoms with Crippen LogP contribution in [0.2, 0.25) is 0 Å². The Morgan fingerprint density at radius 3 is 2.44 bits per heavy atom. The Labute approximate surface area is 412 Å². The zero-order valence-corrected chi connectivity index (χ0v) is 40.9. The van der Waals surface area contributed by atoms with E-state index < -0.39 is 72.1 Å². The van der Waals surface area contributed by atoms with Gasteiger partial charge in [-0.3, -0.25) is 43.4 Å². The van der Waals surface area contributed by atoms with Crippen molar-refractivity contribution in [2.75, 3.05) is 39.3 Å². The first-order chi connectivity index (χ1) is 33.6. The van der Waals surface area contributed by atoms with E-state index in [-0.39, 0.29) is 93.1 Å². The molecule has 3 saturated heterocycles. The number of nitrogens with zero attached hydrogens (tertiary/aromatic N) is 4. The monoisotopic (exact) mass is 1010 g/mol. The van der Waals surface area contributed by atoms with Gasteiger partial charge < -0.3 is 39.4 Å². The van der Waals surface area contributed by atoms with Crippen molar-refractivity contribution >= 4 is 70.4 Å². The minimum Gasteiger partial charge on any atom is -0.370 e. The number of hydrogen-bond acceptors (Lipinski definition) is 10. The number of thiophene rings is 1. The number of unbranched alkanes of at least 4 members (excludes halogenated alkanes) is 1. The highest BCUT2D eigenvalue weighted by Crippen LogP contribution is 2.59. The highest BCUT2D eigenvalue weighted by Gasteiger charge is 2.51. The minimum atomic E-state index is -5.85. The van der Waals surface area contributed by atoms with Gasteiger partial charge in [0.1, 0.15) is 24.2 Å². The molecule has 3 aromatic carbocycles. The molecule has 8 rings (SSSR count). The molecule has 71 heavy (non-hydrogen) atoms. The highest BCUT2D eigenvalue weighted by molar-refractivity contribution is 7.52. The van der Waals surface area contributed by atoms with Crippen LogP contribution in [0.1, 0.15) is 101 Å². The Bertz CT molecular complexity index is 2910. The zero-order chi connectivity index (χ0) is 51.0. The third kappa shape index (κ3) is 10.9. The number of carbonyl (C=O) groups excluding carboxylic acids is 7. The molecule has 2 unspecified atom stereocenters. The van der Waals surface area contributed by atoms with E-state index >= 15 is 0 Å². The molecule has 4 N–H and O–H groups in total. The van der Waals surface area contributed by atoms with Crippen molar-refractivity contribution < 1.29 is 61.4 Å². The fourth-order valence-electron chi connectivity index (χ4n) is 9.24. The summed E-state index contributed by atoms with van der Waals surface area (Å²) >= 11 is 0.942. The Kier molecular flexibility index (Phi) is 14.7. The number of imide groups is 1. The standard InChI is InChI=1S/C50H53F2N6O11PS/c1-49(2,3)43(54-45(62)40-26-32-25-34(15-18-39(32)71-40)50(51,52)70(66,67)68)48(65)57-21-20-55(28-37(57)47(64)56-22-23-69-38(29-56)31-11-7-5-8-12-31)42(60)13-9-4-6-10-30-14-16-35-33(24-30)27-58(46(35)63)36-17-19-41(59)53-44(36)61/h5,7-8,11-12,14-16,18,24-26,36-38,43H,4,9,13,17,19-23,27-29H2,1-3H3,(H,54,62)(H,53,59,61)(H2,66,67,68)/t36?,37-,38?,43+/m0/s1. The van der Waals surface area contributed by atoms with E-state index in [1.54, 1.807) is 48.8 Å². The fraction of sp³-hybridized carbons (Fsp3) is 0.420. The van der Waals surface area contributed by atoms with Gasteiger partial charge in [0.15, 0.2) is 0 Å². The van der Waals surface area contributed by atoms with Crippen LogP contribution >= 0.6 is 18.9 Å². The molecule has 0 aliphatic carbocycles. The van der Waals surface area contributed by atoms with E-state index in [2.05, 4.69) is 22.5 Å². The van der Waals surface area contributed by atoms with E-state index in [4.69, 9.17) is 4.74 Å². The number of alkyl halides is 2. The maximum Gasteiger partial charge on any atom is 0.399 e. The number of nitrogens with one attached hydrogen (secondary N) is 2. The molecular weight excluding hydrogens is 962 g/mol. The Hall–Kier alpha value is -6.36. The van der Waals surface area contributed by atoms with Crippen LogP contribution in [0.5, 0.6) is 0 Å². The zero-order valence-electron chi connectivity index (χ0n) is 39.2. The summed E-state index contributed by atoms with van der Waals surface area (Å²) in [5.74, 6) is 3.15. The van der Waals surface area contributed by atoms with Gasteiger partial charge in [-0.25, -0.2) is 0 Å². The molecule has 0 radical (unpaired) electrons. The van der Waals surface area contributed by atoms with Gasteiger partial charge in [-0.2, -0.15) is 8.78 Å². The summed E-state index contributed by atoms with van der Waals surface area (Å²) in [6.45, 7) is 6.05. The molecule has 4 aliphatic rings. The summed E-state index contributed by atoms with van der Waals surface area (Å²) in [7, 11) is -5.85. The number of morpholine rings is 1. The average molecular weight is 1020 g/mol. The number of piperazine rings is 1. The lowest BCUT2D eigenvalue weighted by molar-refractivity contribution is -0.158. The molecule has 0 bridgehead atoms. The number of benzene rings is 3. The average Bonchev–Trinajstić information content (AvgIpc) is 3.92. The quantitative estimate of drug-likeness (QED) is 0.0685. The van der Waals surface area contributed by atoms with Crippen molar-refractivity contribution in [3.05, 3.63) is 105 Å². The Balaban J connectivity index is 0.952. The predicted molar refractivity (Wildman–Crippen MR) is 255 cm³/mol. The summed E-state index contributed by atoms with van der Waals surface area (Å²) in [6, 6.07) is 15.9. The van der Waals surface area contributed by atoms with E-state index in [0.717, 1.165) is 34.6 Å². The van der Waals surface area contributed by atoms with Crippen LogP contribution in [0, 0.1) is 17.3 Å². The van der Waals surface area contributed by atoms with Gasteiger partial charge >= 0.3 is 13.3 Å². The van der Waals surface area contributed by atoms with Crippen LogP contribution < -0.4 is 10.6 Å². The molecule has 21 heteroatoms. The molecule has 4 atom stereocenters. The Morgan fingerprint density at radius 1 is 0.958 bits per heavy atom. The maximum atomic E-state index is 14.8. The normalized spacial score (nSPS) is 20.3. The van der Waals surface area contributed by atoms with E-state index in [1.165, 1.54) is 21.9 Å². The van der Waals surface area contributed by atoms with E-state index in [1.807, 2.05) is 30.3 Å². The number of piperidine rings is 1. The second-order valence-corrected chi connectivity index (χ2v) is 21.8. The third-order valence-electron chi connectivity index (χ3n) is 13.1. The third-order valence-corrected chi connectivity index (χ3v) is 15.2. The van der Waals surface area contributed by atoms with Gasteiger partial charge in [0.25, 0.3) is 11.8 Å². The molecule has 4 aliphatic heterocycles. The second kappa shape index (κ2) is 20.4. The first-order valence-electron chi connectivity index (χ1n) is 23.2. The fourth-order valence-corrected chi connectivity index (χ4v) is 10.7. The van der Waals surface area contributed by atoms with Crippen LogP contribution in [0.25, 0.3) is 10.1 Å². The van der Waals surface area contributed by atoms with Crippen LogP contribution in [0.15, 0.2) is 72.8 Å². The van der Waals surface area contributed by atoms with Gasteiger partial charge in [0, 0.05) is 66.8 Å². The van der Waals surface area contributed by atoms with Gasteiger partial charge in [-0.05, 0) is 71.2 Å². The molecule has 0 spiro atoms. The van der Waals surface area contributed by atoms with Crippen LogP contribution in [0.3, 0.4) is 0 Å². The molecule has 17 nitrogen and oxygen atoms in total. The van der Waals surface area contributed by atoms with Gasteiger partial charge in [0.05, 0.1) is 24.6 Å². The minimum absolute atomic E-state index is 0.0308. The number of rotatable bonds is 11. The summed E-state index contributed by atoms with van der Waals surface area (Å²) in [5.41, 5.74) is -3.58. The summed E-state index contributed by atoms with van der Waals surface area (Å²) in [4.78, 5) is 119. The van der Waals surface area contributed by atoms with Crippen LogP contribution in [-0.4, -0.2) is 128 Å². The number of fused-ring (bicyclic) bond motifs is 2. The van der Waals surface area contributed by atoms with Crippen molar-refractivity contribution in [2.24, 2.45) is 5.41 Å². The number of hydrogen-bond donors (Lipinski definition) is 4. The van der Waals surface area contributed by atoms with Gasteiger partial charge in [0.2, 0.25) is 29.5 Å². The lowest BCUT2D eigenvalue weighted by Crippen LogP contribution is -2.66. The van der Waals surface area contributed by atoms with Gasteiger partial charge in [-0.15, -0.1) is 11.3 Å². The Morgan fingerprint density at radius 2 is 1.72 bits per heavy atom. The lowest BCUT2D eigenvalue weighted by Gasteiger charge is -2.45. The van der Waals surface area contributed by atoms with E-state index in [0.29, 0.717) is 28.7 Å². The smallest absolute Gasteiger partial charge is 0.370 e. The summed E-state index contributed by atoms with van der Waals surface area (Å²) in [6.07, 6.45) is 0.819. The maximum absolute atomic E-state index is 14.8. The largest absolute Gasteiger partial charge is 0.399 e.